The minimum Gasteiger partial charge on any atom is -0.509 e. The molecule has 9 aromatic rings. The van der Waals surface area contributed by atoms with Crippen molar-refractivity contribution in [2.24, 2.45) is 0 Å². The lowest BCUT2D eigenvalue weighted by Gasteiger charge is -2.41. The first kappa shape index (κ1) is 41.0. The molecule has 0 fully saturated rings. The molecule has 0 unspecified atom stereocenters. The van der Waals surface area contributed by atoms with E-state index in [-0.39, 0.29) is 33.7 Å². The first-order chi connectivity index (χ1) is 32.9. The molecule has 0 saturated carbocycles. The van der Waals surface area contributed by atoms with E-state index in [0.29, 0.717) is 40.1 Å². The molecule has 1 aliphatic heterocycles. The highest BCUT2D eigenvalue weighted by atomic mass is 16.5. The van der Waals surface area contributed by atoms with E-state index < -0.39 is 28.4 Å². The van der Waals surface area contributed by atoms with Crippen molar-refractivity contribution < 1.29 is 40.5 Å². The second-order valence-corrected chi connectivity index (χ2v) is 18.2. The van der Waals surface area contributed by atoms with Crippen LogP contribution in [0.3, 0.4) is 0 Å². The van der Waals surface area contributed by atoms with Crippen LogP contribution in [0.2, 0.25) is 0 Å². The third-order valence-electron chi connectivity index (χ3n) is 14.7. The maximum atomic E-state index is 11.7. The van der Waals surface area contributed by atoms with Crippen molar-refractivity contribution in [3.8, 4) is 107 Å². The standard InChI is InChI=1S/C57H41B3O8/c58-47-44(50(61)54(65)49(60)52(47)63)32-16-20-36-40(24-32)57(38-21-17-29(27-9-3-1-4-10-27)25-41(38)68-42-26-30(18-22-39(42)57)28-11-5-2-6-12-28)46-35-19-15-31(43-48(59)53(64)56(67)55(66)51(43)62)23-37(35)33-13-7-8-14-34(33)45(36)46/h1-6,8-12,14-26,61-67H,7,13,58-60H2. The molecular weight excluding hydrogens is 845 g/mol. The number of phenols is 7. The Morgan fingerprint density at radius 2 is 0.956 bits per heavy atom. The summed E-state index contributed by atoms with van der Waals surface area (Å²) in [5.41, 5.74) is 13.2. The van der Waals surface area contributed by atoms with Crippen molar-refractivity contribution in [3.05, 3.63) is 173 Å². The average molecular weight is 886 g/mol. The Morgan fingerprint density at radius 3 is 1.59 bits per heavy atom. The Balaban J connectivity index is 1.25. The molecule has 1 spiro atoms. The van der Waals surface area contributed by atoms with E-state index in [9.17, 15) is 35.7 Å². The highest BCUT2D eigenvalue weighted by Gasteiger charge is 2.53. The first-order valence-corrected chi connectivity index (χ1v) is 22.6. The molecule has 8 nitrogen and oxygen atoms in total. The van der Waals surface area contributed by atoms with Crippen molar-refractivity contribution >= 4 is 56.8 Å². The van der Waals surface area contributed by atoms with Crippen LogP contribution in [0.1, 0.15) is 39.8 Å². The lowest BCUT2D eigenvalue weighted by atomic mass is 9.64. The van der Waals surface area contributed by atoms with Crippen LogP contribution in [-0.4, -0.2) is 59.3 Å². The maximum Gasteiger partial charge on any atom is 0.204 e. The molecule has 12 rings (SSSR count). The summed E-state index contributed by atoms with van der Waals surface area (Å²) in [6.07, 6.45) is 5.87. The molecule has 0 amide bonds. The molecule has 7 N–H and O–H groups in total. The molecule has 3 aliphatic rings. The van der Waals surface area contributed by atoms with Gasteiger partial charge in [0.15, 0.2) is 23.0 Å². The van der Waals surface area contributed by atoms with E-state index >= 15 is 0 Å². The first-order valence-electron chi connectivity index (χ1n) is 22.6. The zero-order valence-electron chi connectivity index (χ0n) is 37.3. The minimum atomic E-state index is -1.08. The number of ether oxygens (including phenoxy) is 1. The fourth-order valence-corrected chi connectivity index (χ4v) is 11.4. The summed E-state index contributed by atoms with van der Waals surface area (Å²) in [5.74, 6) is -2.13. The van der Waals surface area contributed by atoms with Crippen molar-refractivity contribution in [2.45, 2.75) is 18.3 Å². The number of hydrogen-bond acceptors (Lipinski definition) is 8. The molecule has 0 bridgehead atoms. The van der Waals surface area contributed by atoms with Gasteiger partial charge in [0, 0.05) is 22.3 Å². The molecule has 0 aromatic heterocycles. The van der Waals surface area contributed by atoms with Gasteiger partial charge in [0.25, 0.3) is 0 Å². The molecule has 326 valence electrons. The Labute approximate surface area is 394 Å². The van der Waals surface area contributed by atoms with Gasteiger partial charge in [-0.15, -0.1) is 0 Å². The molecule has 1 heterocycles. The molecule has 0 radical (unpaired) electrons. The lowest BCUT2D eigenvalue weighted by molar-refractivity contribution is 0.348. The SMILES string of the molecule is Bc1c(O)c(B)c(-c2ccc3c(c2)C2(c4ccc(-c5ccccc5)cc4Oc4cc(-c5ccccc5)ccc42)c2c-3c3c(c4cc(-c5c(B)c(O)c(O)c(O)c5O)ccc24)CCC=C3)c(O)c1O. The largest absolute Gasteiger partial charge is 0.509 e. The number of phenolic OH excluding ortho intramolecular Hbond substituents is 7. The number of rotatable bonds is 4. The zero-order valence-corrected chi connectivity index (χ0v) is 37.3. The zero-order chi connectivity index (χ0) is 46.9. The Kier molecular flexibility index (Phi) is 8.93. The number of allylic oxidation sites excluding steroid dienone is 1. The molecule has 68 heavy (non-hydrogen) atoms. The van der Waals surface area contributed by atoms with E-state index in [4.69, 9.17) is 4.74 Å². The molecular formula is C57H41B3O8. The number of fused-ring (bicyclic) bond motifs is 14. The van der Waals surface area contributed by atoms with Gasteiger partial charge < -0.3 is 40.5 Å². The highest BCUT2D eigenvalue weighted by molar-refractivity contribution is 6.45. The van der Waals surface area contributed by atoms with Crippen molar-refractivity contribution in [1.29, 1.82) is 0 Å². The Bertz CT molecular complexity index is 3570. The van der Waals surface area contributed by atoms with E-state index in [1.807, 2.05) is 60.7 Å². The molecule has 0 atom stereocenters. The summed E-state index contributed by atoms with van der Waals surface area (Å²) in [4.78, 5) is 0. The fourth-order valence-electron chi connectivity index (χ4n) is 11.4. The quantitative estimate of drug-likeness (QED) is 0.0542. The molecule has 0 saturated heterocycles. The van der Waals surface area contributed by atoms with Gasteiger partial charge in [0.1, 0.15) is 40.8 Å². The summed E-state index contributed by atoms with van der Waals surface area (Å²) < 4.78 is 7.16. The smallest absolute Gasteiger partial charge is 0.204 e. The molecule has 9 aromatic carbocycles. The molecule has 2 aliphatic carbocycles. The van der Waals surface area contributed by atoms with Crippen LogP contribution < -0.4 is 21.1 Å². The monoisotopic (exact) mass is 886 g/mol. The van der Waals surface area contributed by atoms with Crippen LogP contribution in [0.25, 0.3) is 72.5 Å². The maximum absolute atomic E-state index is 11.7. The minimum absolute atomic E-state index is 0.102. The second kappa shape index (κ2) is 14.8. The lowest BCUT2D eigenvalue weighted by Crippen LogP contribution is -2.32. The van der Waals surface area contributed by atoms with Crippen LogP contribution in [0, 0.1) is 0 Å². The predicted molar refractivity (Wildman–Crippen MR) is 277 cm³/mol. The van der Waals surface area contributed by atoms with Gasteiger partial charge in [-0.1, -0.05) is 121 Å². The van der Waals surface area contributed by atoms with Gasteiger partial charge in [-0.25, -0.2) is 0 Å². The van der Waals surface area contributed by atoms with Gasteiger partial charge in [-0.3, -0.25) is 0 Å². The third-order valence-corrected chi connectivity index (χ3v) is 14.7. The predicted octanol–water partition coefficient (Wildman–Crippen LogP) is 7.65. The fraction of sp³-hybridized carbons (Fsp3) is 0.0526. The summed E-state index contributed by atoms with van der Waals surface area (Å²) in [7, 11) is 4.90. The van der Waals surface area contributed by atoms with Crippen molar-refractivity contribution in [3.63, 3.8) is 0 Å². The van der Waals surface area contributed by atoms with Crippen LogP contribution in [0.4, 0.5) is 0 Å². The van der Waals surface area contributed by atoms with E-state index in [2.05, 4.69) is 84.9 Å². The second-order valence-electron chi connectivity index (χ2n) is 18.2. The summed E-state index contributed by atoms with van der Waals surface area (Å²) >= 11 is 0. The summed E-state index contributed by atoms with van der Waals surface area (Å²) in [5, 5.41) is 79.6. The van der Waals surface area contributed by atoms with Gasteiger partial charge in [0.2, 0.25) is 11.5 Å². The highest BCUT2D eigenvalue weighted by Crippen LogP contribution is 2.66. The van der Waals surface area contributed by atoms with E-state index in [0.717, 1.165) is 84.0 Å². The van der Waals surface area contributed by atoms with E-state index in [1.165, 1.54) is 0 Å². The normalized spacial score (nSPS) is 13.6. The van der Waals surface area contributed by atoms with Gasteiger partial charge >= 0.3 is 0 Å². The van der Waals surface area contributed by atoms with E-state index in [1.54, 1.807) is 23.5 Å². The van der Waals surface area contributed by atoms with Crippen LogP contribution in [-0.2, 0) is 11.8 Å². The van der Waals surface area contributed by atoms with Gasteiger partial charge in [-0.2, -0.15) is 0 Å². The van der Waals surface area contributed by atoms with Crippen molar-refractivity contribution in [1.82, 2.24) is 0 Å². The topological polar surface area (TPSA) is 151 Å². The van der Waals surface area contributed by atoms with Gasteiger partial charge in [-0.05, 0) is 131 Å². The number of aromatic hydroxyl groups is 7. The number of aryl methyl sites for hydroxylation is 1. The number of hydrogen-bond donors (Lipinski definition) is 7. The Hall–Kier alpha value is -8.43. The average Bonchev–Trinajstić information content (AvgIpc) is 3.67. The molecule has 11 heteroatoms. The van der Waals surface area contributed by atoms with Crippen LogP contribution >= 0.6 is 0 Å². The Morgan fingerprint density at radius 1 is 0.426 bits per heavy atom. The summed E-state index contributed by atoms with van der Waals surface area (Å²) in [6.45, 7) is 0. The van der Waals surface area contributed by atoms with Crippen molar-refractivity contribution in [2.75, 3.05) is 0 Å². The number of benzene rings is 9. The van der Waals surface area contributed by atoms with Crippen LogP contribution in [0.15, 0.2) is 140 Å². The van der Waals surface area contributed by atoms with Crippen LogP contribution in [0.5, 0.6) is 51.7 Å². The third kappa shape index (κ3) is 5.53. The summed E-state index contributed by atoms with van der Waals surface area (Å²) in [6, 6.07) is 45.2. The van der Waals surface area contributed by atoms with Gasteiger partial charge in [0.05, 0.1) is 5.41 Å².